The maximum atomic E-state index is 9.56. The fourth-order valence-electron chi connectivity index (χ4n) is 2.20. The predicted molar refractivity (Wildman–Crippen MR) is 94.3 cm³/mol. The lowest BCUT2D eigenvalue weighted by atomic mass is 10.0. The van der Waals surface area contributed by atoms with Crippen molar-refractivity contribution in [2.24, 2.45) is 0 Å². The van der Waals surface area contributed by atoms with E-state index in [0.717, 1.165) is 18.4 Å². The Balaban J connectivity index is 2.34. The lowest BCUT2D eigenvalue weighted by Gasteiger charge is -2.14. The molecule has 20 heavy (non-hydrogen) atoms. The van der Waals surface area contributed by atoms with Crippen molar-refractivity contribution in [3.05, 3.63) is 29.8 Å². The summed E-state index contributed by atoms with van der Waals surface area (Å²) in [6.45, 7) is 2.24. The summed E-state index contributed by atoms with van der Waals surface area (Å²) in [6, 6.07) is 7.76. The lowest BCUT2D eigenvalue weighted by Crippen LogP contribution is -1.93. The van der Waals surface area contributed by atoms with E-state index in [9.17, 15) is 4.89 Å². The van der Waals surface area contributed by atoms with E-state index < -0.39 is 5.69 Å². The zero-order valence-corrected chi connectivity index (χ0v) is 14.7. The Bertz CT molecular complexity index is 432. The molecule has 1 N–H and O–H groups in total. The molecule has 0 aliphatic heterocycles. The van der Waals surface area contributed by atoms with Crippen LogP contribution in [0.2, 0.25) is 0 Å². The van der Waals surface area contributed by atoms with Gasteiger partial charge in [0.25, 0.3) is 5.69 Å². The summed E-state index contributed by atoms with van der Waals surface area (Å²) in [4.78, 5) is 9.56. The van der Waals surface area contributed by atoms with E-state index >= 15 is 0 Å². The summed E-state index contributed by atoms with van der Waals surface area (Å²) in [5.74, 6) is 0.680. The molecule has 0 aliphatic rings. The van der Waals surface area contributed by atoms with Crippen LogP contribution in [0.1, 0.15) is 57.4 Å². The molecule has 0 fully saturated rings. The zero-order chi connectivity index (χ0) is 14.8. The standard InChI is InChI=1S/C15H25O2PS2/c1-2-3-4-5-6-7-8-11-14-12-9-10-13-15(14)17-18(16,19)20/h9-10,12-13H,2-8,11H2,1H3,(H2,16,19,20). The first-order valence-corrected chi connectivity index (χ1v) is 11.2. The quantitative estimate of drug-likeness (QED) is 0.336. The Kier molecular flexibility index (Phi) is 8.86. The number of aryl methyl sites for hydroxylation is 1. The third-order valence-corrected chi connectivity index (χ3v) is 4.14. The van der Waals surface area contributed by atoms with Crippen LogP contribution in [0.5, 0.6) is 5.75 Å². The van der Waals surface area contributed by atoms with Crippen molar-refractivity contribution in [2.45, 2.75) is 58.3 Å². The van der Waals surface area contributed by atoms with Gasteiger partial charge in [0.15, 0.2) is 0 Å². The highest BCUT2D eigenvalue weighted by atomic mass is 32.9. The minimum Gasteiger partial charge on any atom is -0.436 e. The number of rotatable bonds is 10. The first-order valence-electron chi connectivity index (χ1n) is 7.36. The smallest absolute Gasteiger partial charge is 0.291 e. The fourth-order valence-corrected chi connectivity index (χ4v) is 3.14. The minimum absolute atomic E-state index is 0.680. The monoisotopic (exact) mass is 332 g/mol. The molecule has 0 saturated heterocycles. The maximum absolute atomic E-state index is 9.56. The van der Waals surface area contributed by atoms with Crippen molar-refractivity contribution in [1.82, 2.24) is 0 Å². The van der Waals surface area contributed by atoms with Crippen LogP contribution < -0.4 is 4.52 Å². The van der Waals surface area contributed by atoms with E-state index in [1.165, 1.54) is 38.5 Å². The molecule has 0 aliphatic carbocycles. The molecule has 5 heteroatoms. The van der Waals surface area contributed by atoms with E-state index in [1.54, 1.807) is 0 Å². The summed E-state index contributed by atoms with van der Waals surface area (Å²) < 4.78 is 5.39. The van der Waals surface area contributed by atoms with Gasteiger partial charge in [0.1, 0.15) is 5.75 Å². The average molecular weight is 332 g/mol. The van der Waals surface area contributed by atoms with Crippen molar-refractivity contribution >= 4 is 29.7 Å². The van der Waals surface area contributed by atoms with Crippen LogP contribution in [-0.2, 0) is 18.2 Å². The topological polar surface area (TPSA) is 29.5 Å². The highest BCUT2D eigenvalue weighted by molar-refractivity contribution is 8.59. The molecule has 114 valence electrons. The molecule has 0 saturated carbocycles. The Morgan fingerprint density at radius 3 is 2.35 bits per heavy atom. The van der Waals surface area contributed by atoms with E-state index in [1.807, 2.05) is 24.3 Å². The van der Waals surface area contributed by atoms with Gasteiger partial charge in [-0.25, -0.2) is 0 Å². The van der Waals surface area contributed by atoms with Gasteiger partial charge in [0.05, 0.1) is 0 Å². The van der Waals surface area contributed by atoms with Gasteiger partial charge >= 0.3 is 0 Å². The molecule has 0 amide bonds. The minimum atomic E-state index is -2.94. The van der Waals surface area contributed by atoms with Gasteiger partial charge in [-0.3, -0.25) is 0 Å². The van der Waals surface area contributed by atoms with Gasteiger partial charge < -0.3 is 9.42 Å². The van der Waals surface area contributed by atoms with Crippen molar-refractivity contribution in [3.8, 4) is 5.75 Å². The Hall–Kier alpha value is -0.0200. The number of para-hydroxylation sites is 1. The Labute approximate surface area is 133 Å². The molecular weight excluding hydrogens is 307 g/mol. The van der Waals surface area contributed by atoms with Crippen LogP contribution in [0.3, 0.4) is 0 Å². The lowest BCUT2D eigenvalue weighted by molar-refractivity contribution is 0.499. The molecular formula is C15H25O2PS2. The van der Waals surface area contributed by atoms with Crippen LogP contribution >= 0.6 is 17.9 Å². The second kappa shape index (κ2) is 9.83. The van der Waals surface area contributed by atoms with Crippen LogP contribution in [-0.4, -0.2) is 4.89 Å². The molecule has 0 radical (unpaired) electrons. The van der Waals surface area contributed by atoms with E-state index in [4.69, 9.17) is 16.3 Å². The molecule has 0 bridgehead atoms. The summed E-state index contributed by atoms with van der Waals surface area (Å²) in [5, 5.41) is 0. The van der Waals surface area contributed by atoms with E-state index in [0.29, 0.717) is 5.75 Å². The number of unbranched alkanes of at least 4 members (excludes halogenated alkanes) is 6. The van der Waals surface area contributed by atoms with Gasteiger partial charge in [-0.05, 0) is 36.3 Å². The number of thiol groups is 1. The molecule has 1 aromatic rings. The summed E-state index contributed by atoms with van der Waals surface area (Å²) in [5.41, 5.74) is -1.83. The largest absolute Gasteiger partial charge is 0.436 e. The predicted octanol–water partition coefficient (Wildman–Crippen LogP) is 5.51. The SMILES string of the molecule is CCCCCCCCCc1ccccc1OP(O)(=S)S. The van der Waals surface area contributed by atoms with Crippen molar-refractivity contribution in [2.75, 3.05) is 0 Å². The van der Waals surface area contributed by atoms with Crippen LogP contribution in [0.15, 0.2) is 24.3 Å². The molecule has 0 heterocycles. The number of benzene rings is 1. The summed E-state index contributed by atoms with van der Waals surface area (Å²) in [6.07, 6.45) is 9.98. The third kappa shape index (κ3) is 8.31. The maximum Gasteiger partial charge on any atom is 0.291 e. The second-order valence-electron chi connectivity index (χ2n) is 5.06. The Morgan fingerprint density at radius 2 is 1.70 bits per heavy atom. The van der Waals surface area contributed by atoms with Crippen molar-refractivity contribution < 1.29 is 9.42 Å². The highest BCUT2D eigenvalue weighted by Gasteiger charge is 2.11. The Morgan fingerprint density at radius 1 is 1.10 bits per heavy atom. The van der Waals surface area contributed by atoms with Gasteiger partial charge in [0.2, 0.25) is 0 Å². The van der Waals surface area contributed by atoms with Crippen LogP contribution in [0, 0.1) is 0 Å². The van der Waals surface area contributed by atoms with Gasteiger partial charge in [-0.1, -0.05) is 75.9 Å². The van der Waals surface area contributed by atoms with Gasteiger partial charge in [-0.2, -0.15) is 0 Å². The third-order valence-electron chi connectivity index (χ3n) is 3.24. The normalized spacial score (nSPS) is 13.9. The second-order valence-corrected chi connectivity index (χ2v) is 10.1. The first-order chi connectivity index (χ1) is 9.53. The molecule has 0 aromatic heterocycles. The van der Waals surface area contributed by atoms with Crippen molar-refractivity contribution in [1.29, 1.82) is 0 Å². The molecule has 1 aromatic carbocycles. The molecule has 1 unspecified atom stereocenters. The summed E-state index contributed by atoms with van der Waals surface area (Å²) >= 11 is 8.76. The van der Waals surface area contributed by atoms with E-state index in [-0.39, 0.29) is 0 Å². The number of hydrogen-bond acceptors (Lipinski definition) is 2. The number of hydrogen-bond donors (Lipinski definition) is 2. The van der Waals surface area contributed by atoms with Gasteiger partial charge in [-0.15, -0.1) is 0 Å². The first kappa shape index (κ1) is 18.0. The molecule has 1 rings (SSSR count). The van der Waals surface area contributed by atoms with Crippen LogP contribution in [0.25, 0.3) is 0 Å². The van der Waals surface area contributed by atoms with Gasteiger partial charge in [0, 0.05) is 0 Å². The molecule has 0 spiro atoms. The highest BCUT2D eigenvalue weighted by Crippen LogP contribution is 2.48. The zero-order valence-electron chi connectivity index (χ0n) is 12.1. The fraction of sp³-hybridized carbons (Fsp3) is 0.600. The summed E-state index contributed by atoms with van der Waals surface area (Å²) in [7, 11) is 0. The molecule has 1 atom stereocenters. The van der Waals surface area contributed by atoms with Crippen molar-refractivity contribution in [3.63, 3.8) is 0 Å². The average Bonchev–Trinajstić information content (AvgIpc) is 2.38. The molecule has 2 nitrogen and oxygen atoms in total. The van der Waals surface area contributed by atoms with Crippen LogP contribution in [0.4, 0.5) is 0 Å². The van der Waals surface area contributed by atoms with E-state index in [2.05, 4.69) is 19.2 Å².